The Balaban J connectivity index is 2.19. The van der Waals surface area contributed by atoms with Crippen molar-refractivity contribution in [2.24, 2.45) is 0 Å². The lowest BCUT2D eigenvalue weighted by molar-refractivity contribution is 0.166. The highest BCUT2D eigenvalue weighted by Crippen LogP contribution is 2.20. The zero-order valence-corrected chi connectivity index (χ0v) is 16.2. The molecule has 1 aromatic carbocycles. The van der Waals surface area contributed by atoms with Crippen molar-refractivity contribution >= 4 is 27.4 Å². The lowest BCUT2D eigenvalue weighted by Crippen LogP contribution is -2.40. The molecule has 1 aromatic heterocycles. The molecule has 0 bridgehead atoms. The van der Waals surface area contributed by atoms with Gasteiger partial charge in [-0.15, -0.1) is 0 Å². The zero-order chi connectivity index (χ0) is 20.2. The normalized spacial score (nSPS) is 12.4. The minimum absolute atomic E-state index is 0.133. The van der Waals surface area contributed by atoms with Crippen LogP contribution in [0, 0.1) is 0 Å². The molecule has 1 heterocycles. The van der Waals surface area contributed by atoms with Crippen molar-refractivity contribution in [3.8, 4) is 11.4 Å². The highest BCUT2D eigenvalue weighted by Gasteiger charge is 2.15. The molecule has 0 fully saturated rings. The van der Waals surface area contributed by atoms with Crippen molar-refractivity contribution < 1.29 is 18.3 Å². The summed E-state index contributed by atoms with van der Waals surface area (Å²) in [6, 6.07) is 7.52. The minimum Gasteiger partial charge on any atom is -0.394 e. The van der Waals surface area contributed by atoms with Gasteiger partial charge in [-0.05, 0) is 31.2 Å². The Morgan fingerprint density at radius 2 is 1.93 bits per heavy atom. The van der Waals surface area contributed by atoms with Gasteiger partial charge >= 0.3 is 6.03 Å². The average molecular weight is 393 g/mol. The van der Waals surface area contributed by atoms with E-state index in [1.54, 1.807) is 38.2 Å². The van der Waals surface area contributed by atoms with E-state index in [-0.39, 0.29) is 30.3 Å². The van der Waals surface area contributed by atoms with E-state index in [2.05, 4.69) is 15.3 Å². The number of rotatable bonds is 6. The van der Waals surface area contributed by atoms with Gasteiger partial charge in [0.05, 0.1) is 24.1 Å². The molecule has 2 rings (SSSR count). The van der Waals surface area contributed by atoms with E-state index in [1.165, 1.54) is 11.0 Å². The average Bonchev–Trinajstić information content (AvgIpc) is 2.58. The van der Waals surface area contributed by atoms with Gasteiger partial charge in [-0.3, -0.25) is 0 Å². The fraction of sp³-hybridized carbons (Fsp3) is 0.353. The second kappa shape index (κ2) is 8.31. The molecule has 0 saturated heterocycles. The molecule has 0 saturated carbocycles. The third-order valence-corrected chi connectivity index (χ3v) is 4.67. The molecule has 0 aliphatic heterocycles. The number of benzene rings is 1. The van der Waals surface area contributed by atoms with E-state index in [9.17, 15) is 13.2 Å². The molecule has 9 nitrogen and oxygen atoms in total. The standard InChI is InChI=1S/C17H23N5O4S/c1-11(9-23)22(2)17(24)20-13-6-4-12(5-7-13)16-19-14(8-15(18)21-16)10-27(3,25)26/h4-8,11,23H,9-10H2,1-3H3,(H,20,24)(H2,18,19,21). The smallest absolute Gasteiger partial charge is 0.321 e. The summed E-state index contributed by atoms with van der Waals surface area (Å²) in [6.07, 6.45) is 1.12. The lowest BCUT2D eigenvalue weighted by Gasteiger charge is -2.23. The molecule has 146 valence electrons. The summed E-state index contributed by atoms with van der Waals surface area (Å²) in [4.78, 5) is 21.9. The van der Waals surface area contributed by atoms with E-state index < -0.39 is 9.84 Å². The van der Waals surface area contributed by atoms with Crippen molar-refractivity contribution in [2.45, 2.75) is 18.7 Å². The number of anilines is 2. The summed E-state index contributed by atoms with van der Waals surface area (Å²) in [5.41, 5.74) is 7.26. The molecular formula is C17H23N5O4S. The third-order valence-electron chi connectivity index (χ3n) is 3.85. The zero-order valence-electron chi connectivity index (χ0n) is 15.4. The summed E-state index contributed by atoms with van der Waals surface area (Å²) in [5.74, 6) is 0.254. The number of nitrogens with two attached hydrogens (primary N) is 1. The number of nitrogens with one attached hydrogen (secondary N) is 1. The number of carbonyl (C=O) groups is 1. The Labute approximate surface area is 158 Å². The number of aliphatic hydroxyl groups is 1. The summed E-state index contributed by atoms with van der Waals surface area (Å²) >= 11 is 0. The molecule has 0 aliphatic carbocycles. The number of sulfone groups is 1. The van der Waals surface area contributed by atoms with Crippen molar-refractivity contribution in [2.75, 3.05) is 31.0 Å². The van der Waals surface area contributed by atoms with E-state index in [4.69, 9.17) is 10.8 Å². The van der Waals surface area contributed by atoms with E-state index in [0.29, 0.717) is 22.8 Å². The van der Waals surface area contributed by atoms with Gasteiger partial charge in [0, 0.05) is 30.6 Å². The fourth-order valence-electron chi connectivity index (χ4n) is 2.23. The summed E-state index contributed by atoms with van der Waals surface area (Å²) in [5, 5.41) is 11.8. The first-order chi connectivity index (χ1) is 12.6. The Kier molecular flexibility index (Phi) is 6.34. The van der Waals surface area contributed by atoms with E-state index >= 15 is 0 Å². The molecular weight excluding hydrogens is 370 g/mol. The number of hydrogen-bond donors (Lipinski definition) is 3. The first-order valence-corrected chi connectivity index (χ1v) is 10.2. The van der Waals surface area contributed by atoms with Gasteiger partial charge < -0.3 is 21.1 Å². The van der Waals surface area contributed by atoms with Gasteiger partial charge in [-0.25, -0.2) is 23.2 Å². The van der Waals surface area contributed by atoms with Crippen LogP contribution in [-0.2, 0) is 15.6 Å². The number of amides is 2. The maximum absolute atomic E-state index is 12.1. The molecule has 1 atom stereocenters. The highest BCUT2D eigenvalue weighted by molar-refractivity contribution is 7.89. The largest absolute Gasteiger partial charge is 0.394 e. The highest BCUT2D eigenvalue weighted by atomic mass is 32.2. The van der Waals surface area contributed by atoms with Gasteiger partial charge in [0.15, 0.2) is 15.7 Å². The van der Waals surface area contributed by atoms with Crippen LogP contribution >= 0.6 is 0 Å². The van der Waals surface area contributed by atoms with Crippen molar-refractivity contribution in [1.29, 1.82) is 0 Å². The molecule has 0 aliphatic rings. The number of urea groups is 1. The van der Waals surface area contributed by atoms with Crippen LogP contribution < -0.4 is 11.1 Å². The first-order valence-electron chi connectivity index (χ1n) is 8.15. The van der Waals surface area contributed by atoms with Gasteiger partial charge in [0.2, 0.25) is 0 Å². The fourth-order valence-corrected chi connectivity index (χ4v) is 2.91. The topological polar surface area (TPSA) is 139 Å². The quantitative estimate of drug-likeness (QED) is 0.668. The Hall–Kier alpha value is -2.72. The summed E-state index contributed by atoms with van der Waals surface area (Å²) in [6.45, 7) is 1.60. The lowest BCUT2D eigenvalue weighted by atomic mass is 10.2. The minimum atomic E-state index is -3.25. The first kappa shape index (κ1) is 20.6. The van der Waals surface area contributed by atoms with Gasteiger partial charge in [0.25, 0.3) is 0 Å². The summed E-state index contributed by atoms with van der Waals surface area (Å²) in [7, 11) is -1.65. The van der Waals surface area contributed by atoms with Crippen LogP contribution in [-0.4, -0.2) is 60.4 Å². The van der Waals surface area contributed by atoms with Crippen LogP contribution in [0.1, 0.15) is 12.6 Å². The van der Waals surface area contributed by atoms with E-state index in [1.807, 2.05) is 0 Å². The molecule has 0 radical (unpaired) electrons. The Morgan fingerprint density at radius 3 is 2.48 bits per heavy atom. The van der Waals surface area contributed by atoms with Crippen LogP contribution in [0.25, 0.3) is 11.4 Å². The molecule has 0 spiro atoms. The van der Waals surface area contributed by atoms with Crippen LogP contribution in [0.4, 0.5) is 16.3 Å². The molecule has 1 unspecified atom stereocenters. The van der Waals surface area contributed by atoms with Crippen molar-refractivity contribution in [3.63, 3.8) is 0 Å². The van der Waals surface area contributed by atoms with Gasteiger partial charge in [-0.1, -0.05) is 0 Å². The maximum Gasteiger partial charge on any atom is 0.321 e. The molecule has 4 N–H and O–H groups in total. The Bertz CT molecular complexity index is 915. The van der Waals surface area contributed by atoms with Crippen molar-refractivity contribution in [3.05, 3.63) is 36.0 Å². The van der Waals surface area contributed by atoms with Crippen LogP contribution in [0.3, 0.4) is 0 Å². The molecule has 2 amide bonds. The molecule has 2 aromatic rings. The monoisotopic (exact) mass is 393 g/mol. The van der Waals surface area contributed by atoms with Crippen molar-refractivity contribution in [1.82, 2.24) is 14.9 Å². The number of aromatic nitrogens is 2. The Morgan fingerprint density at radius 1 is 1.30 bits per heavy atom. The number of likely N-dealkylation sites (N-methyl/N-ethyl adjacent to an activating group) is 1. The molecule has 10 heteroatoms. The number of aliphatic hydroxyl groups excluding tert-OH is 1. The predicted octanol–water partition coefficient (Wildman–Crippen LogP) is 1.11. The number of nitrogens with zero attached hydrogens (tertiary/aromatic N) is 3. The number of nitrogen functional groups attached to an aromatic ring is 1. The molecule has 27 heavy (non-hydrogen) atoms. The second-order valence-corrected chi connectivity index (χ2v) is 8.47. The van der Waals surface area contributed by atoms with Gasteiger partial charge in [-0.2, -0.15) is 0 Å². The van der Waals surface area contributed by atoms with Crippen LogP contribution in [0.2, 0.25) is 0 Å². The van der Waals surface area contributed by atoms with Crippen LogP contribution in [0.15, 0.2) is 30.3 Å². The SMILES string of the molecule is CC(CO)N(C)C(=O)Nc1ccc(-c2nc(N)cc(CS(C)(=O)=O)n2)cc1. The van der Waals surface area contributed by atoms with Gasteiger partial charge in [0.1, 0.15) is 5.82 Å². The van der Waals surface area contributed by atoms with Crippen LogP contribution in [0.5, 0.6) is 0 Å². The number of hydrogen-bond acceptors (Lipinski definition) is 7. The van der Waals surface area contributed by atoms with E-state index in [0.717, 1.165) is 6.26 Å². The second-order valence-electron chi connectivity index (χ2n) is 6.33. The maximum atomic E-state index is 12.1. The predicted molar refractivity (Wildman–Crippen MR) is 104 cm³/mol. The number of carbonyl (C=O) groups excluding carboxylic acids is 1. The summed E-state index contributed by atoms with van der Waals surface area (Å²) < 4.78 is 22.9. The third kappa shape index (κ3) is 5.90.